The first kappa shape index (κ1) is 105. The zero-order valence-electron chi connectivity index (χ0n) is 69.0. The average molecular weight is 1600 g/mol. The normalized spacial score (nSPS) is 14.9. The molecule has 112 heavy (non-hydrogen) atoms. The van der Waals surface area contributed by atoms with Crippen LogP contribution in [-0.2, 0) is 65.4 Å². The molecule has 0 amide bonds. The Bertz CT molecular complexity index is 2990. The quantitative estimate of drug-likeness (QED) is 0.0169. The highest BCUT2D eigenvalue weighted by molar-refractivity contribution is 7.47. The van der Waals surface area contributed by atoms with Crippen LogP contribution in [-0.4, -0.2) is 96.7 Å². The van der Waals surface area contributed by atoms with E-state index in [1.54, 1.807) is 0 Å². The van der Waals surface area contributed by atoms with E-state index in [4.69, 9.17) is 37.0 Å². The minimum Gasteiger partial charge on any atom is -0.462 e. The van der Waals surface area contributed by atoms with Gasteiger partial charge in [-0.05, 0) is 186 Å². The lowest BCUT2D eigenvalue weighted by atomic mass is 10.1. The first-order valence-corrected chi connectivity index (χ1v) is 45.0. The zero-order valence-corrected chi connectivity index (χ0v) is 70.8. The molecule has 0 saturated heterocycles. The van der Waals surface area contributed by atoms with Crippen LogP contribution in [0.15, 0.2) is 219 Å². The van der Waals surface area contributed by atoms with Crippen LogP contribution < -0.4 is 0 Å². The Labute approximate surface area is 677 Å². The molecule has 5 atom stereocenters. The van der Waals surface area contributed by atoms with E-state index in [-0.39, 0.29) is 25.7 Å². The number of hydrogen-bond donors (Lipinski definition) is 3. The molecular weight excluding hydrogens is 1450 g/mol. The first-order chi connectivity index (χ1) is 54.7. The summed E-state index contributed by atoms with van der Waals surface area (Å²) in [5.74, 6) is -2.47. The van der Waals surface area contributed by atoms with E-state index in [0.29, 0.717) is 44.9 Å². The Hall–Kier alpha value is -6.62. The molecule has 2 unspecified atom stereocenters. The molecule has 0 fully saturated rings. The summed E-state index contributed by atoms with van der Waals surface area (Å²) in [6, 6.07) is 0. The number of carbonyl (C=O) groups is 4. The summed E-state index contributed by atoms with van der Waals surface area (Å²) < 4.78 is 68.5. The van der Waals surface area contributed by atoms with Crippen LogP contribution in [0.3, 0.4) is 0 Å². The van der Waals surface area contributed by atoms with Gasteiger partial charge in [-0.2, -0.15) is 0 Å². The summed E-state index contributed by atoms with van der Waals surface area (Å²) in [5, 5.41) is 10.7. The number of ether oxygens (including phenoxy) is 4. The van der Waals surface area contributed by atoms with Gasteiger partial charge in [0.2, 0.25) is 0 Å². The molecule has 0 aliphatic heterocycles. The molecule has 0 heterocycles. The highest BCUT2D eigenvalue weighted by Gasteiger charge is 2.30. The maximum absolute atomic E-state index is 13.1. The fourth-order valence-corrected chi connectivity index (χ4v) is 11.6. The second-order valence-corrected chi connectivity index (χ2v) is 29.9. The Kier molecular flexibility index (Phi) is 77.5. The standard InChI is InChI=1S/C93H146O17P2/c1-5-9-13-17-21-25-29-33-37-41-43-47-50-54-58-62-66-70-74-78-91(96)104-84-89(110-93(98)80-76-72-68-64-60-56-52-48-44-42-38-34-30-26-22-18-14-10-6-2)86-108-112(101,102)106-82-87(94)81-105-111(99,100)107-85-88(109-92(97)79-75-71-67-63-59-55-51-46-40-36-32-28-24-20-16-12-8-4)83-103-90(95)77-73-69-65-61-57-53-49-45-39-35-31-27-23-19-15-11-7-3/h10,14,21-28,33-40,43-44,47-49,51,53-56,58,60-61,63,65-67,70,87-89,94H,5-9,11-13,15-20,29-32,41-42,45-46,50,52,57,59,62,64,68-69,71-86H2,1-4H3,(H,99,100)(H,101,102)/b14-10-,25-21-,26-22-,27-23-,28-24-,37-33-,38-34-,39-35-,40-36-,47-43-,48-44-,53-49-,55-51-,58-54-,60-56-,65-61-,67-63-,70-66-/t87-,88+,89+/m0/s1. The van der Waals surface area contributed by atoms with Gasteiger partial charge in [-0.1, -0.05) is 291 Å². The molecule has 3 N–H and O–H groups in total. The van der Waals surface area contributed by atoms with Gasteiger partial charge in [0.1, 0.15) is 19.3 Å². The Morgan fingerprint density at radius 2 is 0.491 bits per heavy atom. The van der Waals surface area contributed by atoms with E-state index >= 15 is 0 Å². The molecule has 0 aliphatic carbocycles. The molecule has 0 aliphatic rings. The number of hydrogen-bond acceptors (Lipinski definition) is 15. The van der Waals surface area contributed by atoms with Crippen molar-refractivity contribution >= 4 is 39.5 Å². The minimum atomic E-state index is -5.03. The molecule has 0 saturated carbocycles. The lowest BCUT2D eigenvalue weighted by Crippen LogP contribution is -2.30. The third kappa shape index (κ3) is 81.4. The maximum atomic E-state index is 13.1. The van der Waals surface area contributed by atoms with Crippen LogP contribution in [0.2, 0.25) is 0 Å². The minimum absolute atomic E-state index is 0.00431. The molecule has 19 heteroatoms. The van der Waals surface area contributed by atoms with Gasteiger partial charge in [-0.25, -0.2) is 9.13 Å². The molecule has 0 spiro atoms. The molecule has 0 rings (SSSR count). The molecular formula is C93H146O17P2. The van der Waals surface area contributed by atoms with Gasteiger partial charge in [0.15, 0.2) is 12.2 Å². The number of esters is 4. The van der Waals surface area contributed by atoms with Crippen molar-refractivity contribution in [3.63, 3.8) is 0 Å². The van der Waals surface area contributed by atoms with Gasteiger partial charge in [-0.3, -0.25) is 37.3 Å². The lowest BCUT2D eigenvalue weighted by Gasteiger charge is -2.21. The fraction of sp³-hybridized carbons (Fsp3) is 0.570. The van der Waals surface area contributed by atoms with Crippen LogP contribution in [0.25, 0.3) is 0 Å². The lowest BCUT2D eigenvalue weighted by molar-refractivity contribution is -0.161. The molecule has 0 aromatic rings. The Morgan fingerprint density at radius 1 is 0.259 bits per heavy atom. The molecule has 630 valence electrons. The van der Waals surface area contributed by atoms with E-state index in [1.165, 1.54) is 57.8 Å². The van der Waals surface area contributed by atoms with Crippen molar-refractivity contribution < 1.29 is 80.2 Å². The topological polar surface area (TPSA) is 237 Å². The zero-order chi connectivity index (χ0) is 81.7. The summed E-state index contributed by atoms with van der Waals surface area (Å²) in [4.78, 5) is 73.2. The Morgan fingerprint density at radius 3 is 0.786 bits per heavy atom. The third-order valence-corrected chi connectivity index (χ3v) is 18.3. The number of aliphatic hydroxyl groups excluding tert-OH is 1. The number of phosphoric ester groups is 2. The van der Waals surface area contributed by atoms with Crippen molar-refractivity contribution in [3.8, 4) is 0 Å². The Balaban J connectivity index is 5.61. The van der Waals surface area contributed by atoms with Crippen LogP contribution in [0.4, 0.5) is 0 Å². The maximum Gasteiger partial charge on any atom is 0.472 e. The SMILES string of the molecule is CC/C=C\C/C=C\C/C=C\C/C=C\C/C=C\CCCCCC(=O)O[C@H](COC(=O)CC/C=C\C/C=C\C/C=C\C/C=C\C/C=C\CCCCC)COP(=O)(O)OC[C@@H](O)COP(=O)(O)OC[C@@H](COC(=O)CCC/C=C\C/C=C\C/C=C\C/C=C\CCCCC)OC(=O)CCC/C=C\C/C=C\C/C=C\C/C=C\CCCCC. The predicted octanol–water partition coefficient (Wildman–Crippen LogP) is 25.2. The number of allylic oxidation sites excluding steroid dienone is 36. The van der Waals surface area contributed by atoms with E-state index in [1.807, 2.05) is 42.5 Å². The van der Waals surface area contributed by atoms with E-state index in [9.17, 15) is 43.2 Å². The van der Waals surface area contributed by atoms with Gasteiger partial charge in [0, 0.05) is 25.7 Å². The molecule has 0 radical (unpaired) electrons. The second kappa shape index (κ2) is 82.4. The van der Waals surface area contributed by atoms with Gasteiger partial charge >= 0.3 is 39.5 Å². The number of phosphoric acid groups is 2. The number of rotatable bonds is 76. The van der Waals surface area contributed by atoms with Crippen LogP contribution in [0, 0.1) is 0 Å². The van der Waals surface area contributed by atoms with Gasteiger partial charge in [0.05, 0.1) is 26.4 Å². The van der Waals surface area contributed by atoms with Crippen molar-refractivity contribution in [2.75, 3.05) is 39.6 Å². The predicted molar refractivity (Wildman–Crippen MR) is 463 cm³/mol. The number of carbonyl (C=O) groups excluding carboxylic acids is 4. The summed E-state index contributed by atoms with van der Waals surface area (Å²) >= 11 is 0. The summed E-state index contributed by atoms with van der Waals surface area (Å²) in [6.07, 6.45) is 105. The average Bonchev–Trinajstić information content (AvgIpc) is 0.898. The van der Waals surface area contributed by atoms with Gasteiger partial charge in [0.25, 0.3) is 0 Å². The second-order valence-electron chi connectivity index (χ2n) is 27.0. The van der Waals surface area contributed by atoms with Crippen molar-refractivity contribution in [3.05, 3.63) is 219 Å². The number of unbranched alkanes of at least 4 members (excludes halogenated alkanes) is 14. The van der Waals surface area contributed by atoms with Crippen molar-refractivity contribution in [2.24, 2.45) is 0 Å². The molecule has 0 aromatic carbocycles. The summed E-state index contributed by atoms with van der Waals surface area (Å²) in [7, 11) is -10.1. The van der Waals surface area contributed by atoms with Gasteiger partial charge < -0.3 is 33.8 Å². The fourth-order valence-electron chi connectivity index (χ4n) is 10.0. The largest absolute Gasteiger partial charge is 0.472 e. The first-order valence-electron chi connectivity index (χ1n) is 42.0. The van der Waals surface area contributed by atoms with Crippen LogP contribution in [0.5, 0.6) is 0 Å². The highest BCUT2D eigenvalue weighted by Crippen LogP contribution is 2.45. The smallest absolute Gasteiger partial charge is 0.462 e. The van der Waals surface area contributed by atoms with E-state index < -0.39 is 97.5 Å². The third-order valence-electron chi connectivity index (χ3n) is 16.4. The van der Waals surface area contributed by atoms with Crippen molar-refractivity contribution in [2.45, 2.75) is 303 Å². The van der Waals surface area contributed by atoms with Gasteiger partial charge in [-0.15, -0.1) is 0 Å². The summed E-state index contributed by atoms with van der Waals surface area (Å²) in [5.41, 5.74) is 0. The van der Waals surface area contributed by atoms with E-state index in [0.717, 1.165) is 128 Å². The molecule has 0 bridgehead atoms. The number of aliphatic hydroxyl groups is 1. The molecule has 17 nitrogen and oxygen atoms in total. The summed E-state index contributed by atoms with van der Waals surface area (Å²) in [6.45, 7) is 4.40. The molecule has 0 aromatic heterocycles. The van der Waals surface area contributed by atoms with Crippen LogP contribution >= 0.6 is 15.6 Å². The highest BCUT2D eigenvalue weighted by atomic mass is 31.2. The van der Waals surface area contributed by atoms with Crippen LogP contribution in [0.1, 0.15) is 285 Å². The monoisotopic (exact) mass is 1600 g/mol. The van der Waals surface area contributed by atoms with E-state index in [2.05, 4.69) is 204 Å². The van der Waals surface area contributed by atoms with Crippen molar-refractivity contribution in [1.82, 2.24) is 0 Å². The van der Waals surface area contributed by atoms with Crippen molar-refractivity contribution in [1.29, 1.82) is 0 Å².